The second kappa shape index (κ2) is 10.6. The van der Waals surface area contributed by atoms with Crippen molar-refractivity contribution in [2.75, 3.05) is 25.1 Å². The molecule has 0 bridgehead atoms. The van der Waals surface area contributed by atoms with Crippen LogP contribution in [0, 0.1) is 11.8 Å². The van der Waals surface area contributed by atoms with Crippen molar-refractivity contribution in [3.05, 3.63) is 48.7 Å². The van der Waals surface area contributed by atoms with Gasteiger partial charge in [0.1, 0.15) is 6.61 Å². The summed E-state index contributed by atoms with van der Waals surface area (Å²) in [6.07, 6.45) is 5.00. The Morgan fingerprint density at radius 1 is 1.00 bits per heavy atom. The quantitative estimate of drug-likeness (QED) is 0.691. The van der Waals surface area contributed by atoms with Crippen LogP contribution in [0.2, 0.25) is 0 Å². The molecule has 2 N–H and O–H groups in total. The van der Waals surface area contributed by atoms with Crippen molar-refractivity contribution in [3.8, 4) is 11.3 Å². The average Bonchev–Trinajstić information content (AvgIpc) is 2.74. The first-order valence-electron chi connectivity index (χ1n) is 9.85. The van der Waals surface area contributed by atoms with Crippen LogP contribution in [-0.4, -0.2) is 42.0 Å². The molecule has 7 nitrogen and oxygen atoms in total. The molecule has 7 heteroatoms. The van der Waals surface area contributed by atoms with E-state index in [0.717, 1.165) is 31.2 Å². The van der Waals surface area contributed by atoms with Crippen LogP contribution in [-0.2, 0) is 14.3 Å². The number of hydrogen-bond acceptors (Lipinski definition) is 5. The van der Waals surface area contributed by atoms with Crippen molar-refractivity contribution in [1.82, 2.24) is 4.98 Å². The molecule has 1 aliphatic rings. The monoisotopic (exact) mass is 398 g/mol. The van der Waals surface area contributed by atoms with E-state index in [1.54, 1.807) is 18.3 Å². The number of pyridine rings is 1. The summed E-state index contributed by atoms with van der Waals surface area (Å²) in [7, 11) is 0. The molecule has 29 heavy (non-hydrogen) atoms. The summed E-state index contributed by atoms with van der Waals surface area (Å²) >= 11 is 0. The second-order valence-electron chi connectivity index (χ2n) is 7.28. The third kappa shape index (κ3) is 6.57. The van der Waals surface area contributed by atoms with Crippen molar-refractivity contribution >= 4 is 17.7 Å². The summed E-state index contributed by atoms with van der Waals surface area (Å²) in [6, 6.07) is 13.2. The maximum absolute atomic E-state index is 12.3. The van der Waals surface area contributed by atoms with Crippen molar-refractivity contribution in [3.63, 3.8) is 0 Å². The number of hydrogen-bond donors (Lipinski definition) is 2. The highest BCUT2D eigenvalue weighted by molar-refractivity contribution is 5.90. The number of carboxylic acid groups (broad SMARTS) is 1. The lowest BCUT2D eigenvalue weighted by molar-refractivity contribution is -0.142. The molecule has 154 valence electrons. The number of carbonyl (C=O) groups excluding carboxylic acids is 1. The average molecular weight is 398 g/mol. The maximum Gasteiger partial charge on any atom is 0.411 e. The summed E-state index contributed by atoms with van der Waals surface area (Å²) in [5, 5.41) is 11.4. The molecule has 0 saturated heterocycles. The van der Waals surface area contributed by atoms with Gasteiger partial charge < -0.3 is 14.6 Å². The topological polar surface area (TPSA) is 97.8 Å². The van der Waals surface area contributed by atoms with Crippen LogP contribution in [0.1, 0.15) is 25.7 Å². The predicted molar refractivity (Wildman–Crippen MR) is 109 cm³/mol. The van der Waals surface area contributed by atoms with Crippen molar-refractivity contribution in [1.29, 1.82) is 0 Å². The van der Waals surface area contributed by atoms with E-state index in [1.807, 2.05) is 30.3 Å². The molecule has 1 fully saturated rings. The van der Waals surface area contributed by atoms with Gasteiger partial charge >= 0.3 is 12.1 Å². The van der Waals surface area contributed by atoms with Gasteiger partial charge in [-0.05, 0) is 49.7 Å². The Morgan fingerprint density at radius 3 is 2.38 bits per heavy atom. The van der Waals surface area contributed by atoms with E-state index >= 15 is 0 Å². The molecule has 1 aliphatic carbocycles. The minimum absolute atomic E-state index is 0.247. The van der Waals surface area contributed by atoms with Crippen LogP contribution in [0.25, 0.3) is 11.3 Å². The predicted octanol–water partition coefficient (Wildman–Crippen LogP) is 4.20. The number of carbonyl (C=O) groups is 2. The molecule has 0 atom stereocenters. The normalized spacial score (nSPS) is 18.8. The lowest BCUT2D eigenvalue weighted by Gasteiger charge is -2.27. The standard InChI is InChI=1S/C22H26N2O5/c25-20(26)15-28-13-16-8-10-17(11-9-16)14-29-22(27)24-19-7-4-12-23-21(19)18-5-2-1-3-6-18/h1-7,12,16-17H,8-11,13-15H2,(H,24,27)(H,25,26). The van der Waals surface area contributed by atoms with Gasteiger partial charge in [0.2, 0.25) is 0 Å². The van der Waals surface area contributed by atoms with Crippen LogP contribution in [0.15, 0.2) is 48.7 Å². The maximum atomic E-state index is 12.3. The number of aromatic nitrogens is 1. The first-order chi connectivity index (χ1) is 14.1. The highest BCUT2D eigenvalue weighted by Crippen LogP contribution is 2.29. The Hall–Kier alpha value is -2.93. The van der Waals surface area contributed by atoms with Crippen LogP contribution >= 0.6 is 0 Å². The molecule has 0 spiro atoms. The number of carboxylic acids is 1. The van der Waals surface area contributed by atoms with Gasteiger partial charge in [0, 0.05) is 11.8 Å². The molecular formula is C22H26N2O5. The first-order valence-corrected chi connectivity index (χ1v) is 9.85. The third-order valence-electron chi connectivity index (χ3n) is 5.09. The molecule has 1 amide bonds. The van der Waals surface area contributed by atoms with Crippen LogP contribution in [0.5, 0.6) is 0 Å². The largest absolute Gasteiger partial charge is 0.480 e. The molecule has 0 radical (unpaired) electrons. The Morgan fingerprint density at radius 2 is 1.69 bits per heavy atom. The van der Waals surface area contributed by atoms with E-state index in [4.69, 9.17) is 14.6 Å². The summed E-state index contributed by atoms with van der Waals surface area (Å²) in [6.45, 7) is 0.599. The van der Waals surface area contributed by atoms with Gasteiger partial charge in [-0.3, -0.25) is 10.3 Å². The minimum Gasteiger partial charge on any atom is -0.480 e. The zero-order valence-corrected chi connectivity index (χ0v) is 16.3. The number of amides is 1. The van der Waals surface area contributed by atoms with Gasteiger partial charge in [-0.2, -0.15) is 0 Å². The first kappa shape index (κ1) is 20.8. The summed E-state index contributed by atoms with van der Waals surface area (Å²) in [5.74, 6) is -0.246. The number of rotatable bonds is 8. The highest BCUT2D eigenvalue weighted by Gasteiger charge is 2.23. The van der Waals surface area contributed by atoms with Gasteiger partial charge in [0.15, 0.2) is 0 Å². The molecule has 1 aromatic heterocycles. The number of aliphatic carboxylic acids is 1. The van der Waals surface area contributed by atoms with Gasteiger partial charge in [-0.1, -0.05) is 30.3 Å². The van der Waals surface area contributed by atoms with Crippen LogP contribution < -0.4 is 5.32 Å². The van der Waals surface area contributed by atoms with Crippen LogP contribution in [0.4, 0.5) is 10.5 Å². The fourth-order valence-electron chi connectivity index (χ4n) is 3.55. The zero-order chi connectivity index (χ0) is 20.5. The lowest BCUT2D eigenvalue weighted by atomic mass is 9.83. The number of nitrogens with one attached hydrogen (secondary N) is 1. The Kier molecular flexibility index (Phi) is 7.58. The number of ether oxygens (including phenoxy) is 2. The van der Waals surface area contributed by atoms with E-state index in [0.29, 0.717) is 36.4 Å². The molecule has 0 unspecified atom stereocenters. The minimum atomic E-state index is -0.942. The van der Waals surface area contributed by atoms with Crippen molar-refractivity contribution < 1.29 is 24.2 Å². The molecule has 2 aromatic rings. The van der Waals surface area contributed by atoms with Gasteiger partial charge in [-0.15, -0.1) is 0 Å². The van der Waals surface area contributed by atoms with E-state index in [-0.39, 0.29) is 6.61 Å². The zero-order valence-electron chi connectivity index (χ0n) is 16.3. The number of benzene rings is 1. The van der Waals surface area contributed by atoms with E-state index in [1.165, 1.54) is 0 Å². The van der Waals surface area contributed by atoms with Crippen molar-refractivity contribution in [2.45, 2.75) is 25.7 Å². The SMILES string of the molecule is O=C(O)COCC1CCC(COC(=O)Nc2cccnc2-c2ccccc2)CC1. The van der Waals surface area contributed by atoms with Gasteiger partial charge in [-0.25, -0.2) is 9.59 Å². The molecule has 0 aliphatic heterocycles. The smallest absolute Gasteiger partial charge is 0.411 e. The Balaban J connectivity index is 1.43. The summed E-state index contributed by atoms with van der Waals surface area (Å²) in [4.78, 5) is 27.1. The molecule has 3 rings (SSSR count). The fraction of sp³-hybridized carbons (Fsp3) is 0.409. The number of nitrogens with zero attached hydrogens (tertiary/aromatic N) is 1. The summed E-state index contributed by atoms with van der Waals surface area (Å²) in [5.41, 5.74) is 2.24. The van der Waals surface area contributed by atoms with Crippen LogP contribution in [0.3, 0.4) is 0 Å². The Labute approximate surface area is 170 Å². The molecule has 1 saturated carbocycles. The van der Waals surface area contributed by atoms with E-state index in [2.05, 4.69) is 10.3 Å². The second-order valence-corrected chi connectivity index (χ2v) is 7.28. The summed E-state index contributed by atoms with van der Waals surface area (Å²) < 4.78 is 10.6. The van der Waals surface area contributed by atoms with Gasteiger partial charge in [0.25, 0.3) is 0 Å². The Bertz CT molecular complexity index is 804. The molecule has 1 aromatic carbocycles. The molecular weight excluding hydrogens is 372 g/mol. The number of anilines is 1. The lowest BCUT2D eigenvalue weighted by Crippen LogP contribution is -2.25. The highest BCUT2D eigenvalue weighted by atomic mass is 16.5. The van der Waals surface area contributed by atoms with Crippen molar-refractivity contribution in [2.24, 2.45) is 11.8 Å². The van der Waals surface area contributed by atoms with E-state index in [9.17, 15) is 9.59 Å². The van der Waals surface area contributed by atoms with Gasteiger partial charge in [0.05, 0.1) is 24.6 Å². The molecule has 1 heterocycles. The van der Waals surface area contributed by atoms with E-state index < -0.39 is 12.1 Å². The third-order valence-corrected chi connectivity index (χ3v) is 5.09. The fourth-order valence-corrected chi connectivity index (χ4v) is 3.55.